The molecule has 0 aliphatic carbocycles. The monoisotopic (exact) mass is 501 g/mol. The Morgan fingerprint density at radius 1 is 1.14 bits per heavy atom. The minimum Gasteiger partial charge on any atom is -0.481 e. The second kappa shape index (κ2) is 11.1. The number of carbonyl (C=O) groups excluding carboxylic acids is 2. The number of urea groups is 1. The Morgan fingerprint density at radius 3 is 2.46 bits per heavy atom. The van der Waals surface area contributed by atoms with Crippen molar-refractivity contribution in [1.82, 2.24) is 10.2 Å². The number of aliphatic carboxylic acids is 1. The molecule has 8 nitrogen and oxygen atoms in total. The number of anilines is 1. The number of ether oxygens (including phenoxy) is 1. The number of nitrogens with zero attached hydrogens (tertiary/aromatic N) is 1. The topological polar surface area (TPSA) is 108 Å². The van der Waals surface area contributed by atoms with Crippen LogP contribution in [0.4, 0.5) is 10.5 Å². The minimum atomic E-state index is -1.05. The highest BCUT2D eigenvalue weighted by Gasteiger charge is 2.39. The van der Waals surface area contributed by atoms with E-state index in [-0.39, 0.29) is 13.0 Å². The lowest BCUT2D eigenvalue weighted by Crippen LogP contribution is -2.59. The summed E-state index contributed by atoms with van der Waals surface area (Å²) >= 11 is 6.01. The predicted molar refractivity (Wildman–Crippen MR) is 134 cm³/mol. The van der Waals surface area contributed by atoms with Gasteiger partial charge in [-0.05, 0) is 63.4 Å². The van der Waals surface area contributed by atoms with Crippen LogP contribution in [0.2, 0.25) is 5.02 Å². The molecule has 0 saturated heterocycles. The summed E-state index contributed by atoms with van der Waals surface area (Å²) in [4.78, 5) is 39.9. The molecule has 188 valence electrons. The molecule has 2 aromatic rings. The number of carboxylic acids is 1. The van der Waals surface area contributed by atoms with E-state index in [2.05, 4.69) is 10.6 Å². The lowest BCUT2D eigenvalue weighted by molar-refractivity contribution is -0.146. The molecule has 1 heterocycles. The molecule has 3 N–H and O–H groups in total. The van der Waals surface area contributed by atoms with Gasteiger partial charge in [0.1, 0.15) is 6.04 Å². The van der Waals surface area contributed by atoms with E-state index in [0.29, 0.717) is 17.1 Å². The zero-order valence-corrected chi connectivity index (χ0v) is 21.1. The largest absolute Gasteiger partial charge is 0.481 e. The van der Waals surface area contributed by atoms with Gasteiger partial charge in [-0.2, -0.15) is 0 Å². The highest BCUT2D eigenvalue weighted by atomic mass is 35.5. The lowest BCUT2D eigenvalue weighted by atomic mass is 9.91. The Kier molecular flexibility index (Phi) is 8.40. The lowest BCUT2D eigenvalue weighted by Gasteiger charge is -2.40. The van der Waals surface area contributed by atoms with E-state index < -0.39 is 41.7 Å². The number of halogens is 1. The predicted octanol–water partition coefficient (Wildman–Crippen LogP) is 4.46. The van der Waals surface area contributed by atoms with E-state index in [9.17, 15) is 19.5 Å². The number of nitrogens with one attached hydrogen (secondary N) is 2. The Morgan fingerprint density at radius 2 is 1.83 bits per heavy atom. The Labute approximate surface area is 210 Å². The van der Waals surface area contributed by atoms with Crippen LogP contribution in [0.25, 0.3) is 0 Å². The van der Waals surface area contributed by atoms with Crippen LogP contribution < -0.4 is 10.6 Å². The summed E-state index contributed by atoms with van der Waals surface area (Å²) in [5.74, 6) is -1.39. The third-order valence-corrected chi connectivity index (χ3v) is 5.93. The first-order valence-electron chi connectivity index (χ1n) is 11.5. The Balaban J connectivity index is 1.87. The van der Waals surface area contributed by atoms with Gasteiger partial charge < -0.3 is 25.4 Å². The summed E-state index contributed by atoms with van der Waals surface area (Å²) in [6.07, 6.45) is -0.463. The van der Waals surface area contributed by atoms with Gasteiger partial charge >= 0.3 is 12.0 Å². The number of carbonyl (C=O) groups is 3. The molecule has 0 spiro atoms. The number of rotatable bonds is 7. The Hall–Kier alpha value is -3.10. The fourth-order valence-electron chi connectivity index (χ4n) is 4.29. The van der Waals surface area contributed by atoms with E-state index in [1.165, 1.54) is 0 Å². The van der Waals surface area contributed by atoms with Gasteiger partial charge in [0.25, 0.3) is 0 Å². The fraction of sp³-hybridized carbons (Fsp3) is 0.423. The van der Waals surface area contributed by atoms with Gasteiger partial charge in [-0.15, -0.1) is 0 Å². The van der Waals surface area contributed by atoms with Crippen LogP contribution in [-0.4, -0.2) is 51.7 Å². The average molecular weight is 502 g/mol. The van der Waals surface area contributed by atoms with Crippen molar-refractivity contribution in [3.63, 3.8) is 0 Å². The maximum atomic E-state index is 13.9. The van der Waals surface area contributed by atoms with Crippen molar-refractivity contribution in [3.05, 3.63) is 64.7 Å². The van der Waals surface area contributed by atoms with Crippen molar-refractivity contribution in [2.24, 2.45) is 0 Å². The maximum Gasteiger partial charge on any atom is 0.319 e. The summed E-state index contributed by atoms with van der Waals surface area (Å²) in [5, 5.41) is 15.4. The molecular formula is C26H32ClN3O5. The van der Waals surface area contributed by atoms with Gasteiger partial charge in [-0.1, -0.05) is 41.9 Å². The van der Waals surface area contributed by atoms with Crippen LogP contribution in [0, 0.1) is 0 Å². The SMILES string of the molecule is CC(OC(C)(C)C)C(NC(=O)Nc1cccc(Cl)c1)C(=O)N1Cc2ccccc2C[C@@H]1CC(=O)O. The average Bonchev–Trinajstić information content (AvgIpc) is 2.75. The smallest absolute Gasteiger partial charge is 0.319 e. The first-order valence-corrected chi connectivity index (χ1v) is 11.9. The van der Waals surface area contributed by atoms with Crippen molar-refractivity contribution in [1.29, 1.82) is 0 Å². The molecule has 1 aliphatic rings. The highest BCUT2D eigenvalue weighted by Crippen LogP contribution is 2.27. The molecular weight excluding hydrogens is 470 g/mol. The molecule has 35 heavy (non-hydrogen) atoms. The molecule has 9 heteroatoms. The summed E-state index contributed by atoms with van der Waals surface area (Å²) in [5.41, 5.74) is 1.87. The first kappa shape index (κ1) is 26.5. The number of benzene rings is 2. The molecule has 0 fully saturated rings. The van der Waals surface area contributed by atoms with Crippen LogP contribution in [0.3, 0.4) is 0 Å². The molecule has 3 atom stereocenters. The normalized spacial score (nSPS) is 17.2. The molecule has 0 bridgehead atoms. The number of hydrogen-bond donors (Lipinski definition) is 3. The number of fused-ring (bicyclic) bond motifs is 1. The van der Waals surface area contributed by atoms with E-state index in [0.717, 1.165) is 11.1 Å². The third-order valence-electron chi connectivity index (χ3n) is 5.69. The fourth-order valence-corrected chi connectivity index (χ4v) is 4.48. The number of amides is 3. The van der Waals surface area contributed by atoms with Gasteiger partial charge in [0.15, 0.2) is 0 Å². The number of carboxylic acid groups (broad SMARTS) is 1. The van der Waals surface area contributed by atoms with Crippen molar-refractivity contribution in [2.45, 2.75) is 70.9 Å². The van der Waals surface area contributed by atoms with Gasteiger partial charge in [-0.3, -0.25) is 9.59 Å². The molecule has 0 saturated carbocycles. The summed E-state index contributed by atoms with van der Waals surface area (Å²) < 4.78 is 6.04. The molecule has 1 aliphatic heterocycles. The van der Waals surface area contributed by atoms with Crippen molar-refractivity contribution in [3.8, 4) is 0 Å². The third kappa shape index (κ3) is 7.44. The summed E-state index contributed by atoms with van der Waals surface area (Å²) in [6, 6.07) is 12.1. The minimum absolute atomic E-state index is 0.198. The van der Waals surface area contributed by atoms with E-state index in [1.807, 2.05) is 45.0 Å². The van der Waals surface area contributed by atoms with Gasteiger partial charge in [0, 0.05) is 23.3 Å². The van der Waals surface area contributed by atoms with Gasteiger partial charge in [-0.25, -0.2) is 4.79 Å². The van der Waals surface area contributed by atoms with Crippen LogP contribution in [0.15, 0.2) is 48.5 Å². The second-order valence-electron chi connectivity index (χ2n) is 9.71. The van der Waals surface area contributed by atoms with E-state index in [1.54, 1.807) is 36.1 Å². The quantitative estimate of drug-likeness (QED) is 0.519. The van der Waals surface area contributed by atoms with Crippen molar-refractivity contribution in [2.75, 3.05) is 5.32 Å². The zero-order chi connectivity index (χ0) is 25.8. The zero-order valence-electron chi connectivity index (χ0n) is 20.4. The molecule has 2 aromatic carbocycles. The molecule has 0 aromatic heterocycles. The second-order valence-corrected chi connectivity index (χ2v) is 10.1. The maximum absolute atomic E-state index is 13.9. The van der Waals surface area contributed by atoms with Crippen molar-refractivity contribution >= 4 is 35.2 Å². The number of hydrogen-bond acceptors (Lipinski definition) is 4. The Bertz CT molecular complexity index is 1080. The van der Waals surface area contributed by atoms with Crippen LogP contribution in [0.1, 0.15) is 45.2 Å². The summed E-state index contributed by atoms with van der Waals surface area (Å²) in [6.45, 7) is 7.56. The standard InChI is InChI=1S/C26H32ClN3O5/c1-16(35-26(2,3)4)23(29-25(34)28-20-11-7-10-19(27)13-20)24(33)30-15-18-9-6-5-8-17(18)12-21(30)14-22(31)32/h5-11,13,16,21,23H,12,14-15H2,1-4H3,(H,31,32)(H2,28,29,34)/t16?,21-,23?/m1/s1. The first-order chi connectivity index (χ1) is 16.4. The van der Waals surface area contributed by atoms with E-state index >= 15 is 0 Å². The van der Waals surface area contributed by atoms with Crippen LogP contribution >= 0.6 is 11.6 Å². The molecule has 3 rings (SSSR count). The highest BCUT2D eigenvalue weighted by molar-refractivity contribution is 6.30. The van der Waals surface area contributed by atoms with Gasteiger partial charge in [0.05, 0.1) is 18.1 Å². The molecule has 3 amide bonds. The van der Waals surface area contributed by atoms with Crippen LogP contribution in [0.5, 0.6) is 0 Å². The van der Waals surface area contributed by atoms with Crippen molar-refractivity contribution < 1.29 is 24.2 Å². The van der Waals surface area contributed by atoms with Gasteiger partial charge in [0.2, 0.25) is 5.91 Å². The van der Waals surface area contributed by atoms with E-state index in [4.69, 9.17) is 16.3 Å². The summed E-state index contributed by atoms with van der Waals surface area (Å²) in [7, 11) is 0. The molecule has 0 radical (unpaired) electrons. The van der Waals surface area contributed by atoms with Crippen LogP contribution in [-0.2, 0) is 27.3 Å². The molecule has 2 unspecified atom stereocenters.